The van der Waals surface area contributed by atoms with Crippen molar-refractivity contribution in [2.45, 2.75) is 25.4 Å². The third kappa shape index (κ3) is 3.76. The number of aromatic nitrogens is 2. The summed E-state index contributed by atoms with van der Waals surface area (Å²) in [5.74, 6) is 0.512. The van der Waals surface area contributed by atoms with Crippen molar-refractivity contribution in [3.05, 3.63) is 72.3 Å². The van der Waals surface area contributed by atoms with Crippen LogP contribution in [0.1, 0.15) is 25.0 Å². The second kappa shape index (κ2) is 7.49. The van der Waals surface area contributed by atoms with Gasteiger partial charge in [-0.15, -0.1) is 0 Å². The quantitative estimate of drug-likeness (QED) is 0.603. The summed E-state index contributed by atoms with van der Waals surface area (Å²) >= 11 is 0. The van der Waals surface area contributed by atoms with Crippen LogP contribution in [0.3, 0.4) is 0 Å². The molecule has 0 amide bonds. The molecule has 0 aliphatic rings. The lowest BCUT2D eigenvalue weighted by Gasteiger charge is -2.09. The van der Waals surface area contributed by atoms with E-state index in [0.29, 0.717) is 5.54 Å². The van der Waals surface area contributed by atoms with Gasteiger partial charge >= 0.3 is 0 Å². The van der Waals surface area contributed by atoms with Crippen LogP contribution in [-0.4, -0.2) is 19.5 Å². The molecule has 0 spiro atoms. The van der Waals surface area contributed by atoms with Crippen LogP contribution in [0.15, 0.2) is 60.9 Å². The first-order valence-electron chi connectivity index (χ1n) is 8.09. The fourth-order valence-electron chi connectivity index (χ4n) is 2.59. The van der Waals surface area contributed by atoms with E-state index in [-0.39, 0.29) is 5.82 Å². The minimum absolute atomic E-state index is 0.221. The lowest BCUT2D eigenvalue weighted by atomic mass is 10.0. The summed E-state index contributed by atoms with van der Waals surface area (Å²) in [5.41, 5.74) is 4.74. The highest BCUT2D eigenvalue weighted by atomic mass is 28.2. The van der Waals surface area contributed by atoms with E-state index in [1.807, 2.05) is 36.7 Å². The van der Waals surface area contributed by atoms with Crippen LogP contribution in [0, 0.1) is 5.82 Å². The van der Waals surface area contributed by atoms with Crippen LogP contribution in [-0.2, 0) is 0 Å². The molecule has 0 saturated heterocycles. The molecule has 4 heteroatoms. The van der Waals surface area contributed by atoms with Gasteiger partial charge in [0, 0.05) is 27.5 Å². The van der Waals surface area contributed by atoms with Gasteiger partial charge in [-0.25, -0.2) is 14.4 Å². The predicted octanol–water partition coefficient (Wildman–Crippen LogP) is 5.15. The zero-order chi connectivity index (χ0) is 16.9. The predicted molar refractivity (Wildman–Crippen MR) is 97.5 cm³/mol. The first-order valence-corrected chi connectivity index (χ1v) is 9.37. The van der Waals surface area contributed by atoms with Gasteiger partial charge in [-0.1, -0.05) is 56.3 Å². The third-order valence-corrected chi connectivity index (χ3v) is 5.36. The van der Waals surface area contributed by atoms with Crippen molar-refractivity contribution in [2.24, 2.45) is 0 Å². The van der Waals surface area contributed by atoms with Gasteiger partial charge in [-0.05, 0) is 34.4 Å². The van der Waals surface area contributed by atoms with E-state index in [1.165, 1.54) is 23.7 Å². The highest BCUT2D eigenvalue weighted by Crippen LogP contribution is 2.24. The number of rotatable bonds is 5. The summed E-state index contributed by atoms with van der Waals surface area (Å²) in [6, 6.07) is 15.7. The number of hydrogen-bond donors (Lipinski definition) is 0. The Morgan fingerprint density at radius 1 is 0.875 bits per heavy atom. The second-order valence-corrected chi connectivity index (χ2v) is 7.68. The Labute approximate surface area is 144 Å². The van der Waals surface area contributed by atoms with Crippen LogP contribution >= 0.6 is 0 Å². The Morgan fingerprint density at radius 3 is 1.92 bits per heavy atom. The number of halogens is 1. The van der Waals surface area contributed by atoms with Gasteiger partial charge in [0.1, 0.15) is 5.82 Å². The van der Waals surface area contributed by atoms with Crippen molar-refractivity contribution < 1.29 is 4.39 Å². The number of hydrogen-bond acceptors (Lipinski definition) is 2. The summed E-state index contributed by atoms with van der Waals surface area (Å²) in [7, 11) is 0.904. The monoisotopic (exact) mass is 334 g/mol. The van der Waals surface area contributed by atoms with Crippen LogP contribution in [0.2, 0.25) is 6.04 Å². The molecule has 120 valence electrons. The summed E-state index contributed by atoms with van der Waals surface area (Å²) in [6.45, 7) is 4.42. The normalized spacial score (nSPS) is 12.1. The SMILES string of the molecule is CC[Si]C(C)c1cnc(-c2ccc(-c3ccc(F)cc3)cc2)nc1. The van der Waals surface area contributed by atoms with E-state index in [1.54, 1.807) is 12.1 Å². The topological polar surface area (TPSA) is 25.8 Å². The Kier molecular flexibility index (Phi) is 5.16. The van der Waals surface area contributed by atoms with Gasteiger partial charge in [-0.3, -0.25) is 0 Å². The molecule has 3 rings (SSSR count). The minimum Gasteiger partial charge on any atom is -0.236 e. The van der Waals surface area contributed by atoms with Crippen LogP contribution in [0.4, 0.5) is 4.39 Å². The van der Waals surface area contributed by atoms with E-state index < -0.39 is 0 Å². The fraction of sp³-hybridized carbons (Fsp3) is 0.200. The fourth-order valence-corrected chi connectivity index (χ4v) is 3.59. The molecule has 24 heavy (non-hydrogen) atoms. The van der Waals surface area contributed by atoms with Crippen molar-refractivity contribution in [1.29, 1.82) is 0 Å². The molecule has 1 aromatic heterocycles. The Balaban J connectivity index is 1.79. The van der Waals surface area contributed by atoms with Crippen molar-refractivity contribution >= 4 is 9.52 Å². The smallest absolute Gasteiger partial charge is 0.159 e. The minimum atomic E-state index is -0.221. The summed E-state index contributed by atoms with van der Waals surface area (Å²) in [5, 5.41) is 0. The standard InChI is InChI=1S/C20H19FN2Si/c1-3-24-14(2)18-12-22-20(23-13-18)17-6-4-15(5-7-17)16-8-10-19(21)11-9-16/h4-14H,3H2,1-2H3. The summed E-state index contributed by atoms with van der Waals surface area (Å²) < 4.78 is 13.0. The first kappa shape index (κ1) is 16.5. The molecule has 2 nitrogen and oxygen atoms in total. The molecule has 1 atom stereocenters. The molecule has 0 aliphatic carbocycles. The van der Waals surface area contributed by atoms with Gasteiger partial charge in [0.15, 0.2) is 5.82 Å². The van der Waals surface area contributed by atoms with Crippen molar-refractivity contribution in [3.63, 3.8) is 0 Å². The van der Waals surface area contributed by atoms with Crippen LogP contribution in [0.25, 0.3) is 22.5 Å². The molecule has 0 saturated carbocycles. The third-order valence-electron chi connectivity index (χ3n) is 4.00. The Hall–Kier alpha value is -2.33. The van der Waals surface area contributed by atoms with E-state index in [4.69, 9.17) is 0 Å². The molecule has 0 N–H and O–H groups in total. The highest BCUT2D eigenvalue weighted by molar-refractivity contribution is 6.37. The van der Waals surface area contributed by atoms with Gasteiger partial charge in [0.25, 0.3) is 0 Å². The maximum Gasteiger partial charge on any atom is 0.159 e. The lowest BCUT2D eigenvalue weighted by molar-refractivity contribution is 0.628. The number of benzene rings is 2. The molecular formula is C20H19FN2Si. The molecule has 0 fully saturated rings. The van der Waals surface area contributed by atoms with Gasteiger partial charge in [0.2, 0.25) is 0 Å². The largest absolute Gasteiger partial charge is 0.236 e. The maximum absolute atomic E-state index is 13.0. The molecule has 3 aromatic rings. The Morgan fingerprint density at radius 2 is 1.38 bits per heavy atom. The molecular weight excluding hydrogens is 315 g/mol. The molecule has 0 bridgehead atoms. The molecule has 2 aromatic carbocycles. The second-order valence-electron chi connectivity index (χ2n) is 5.70. The zero-order valence-corrected chi connectivity index (χ0v) is 14.8. The van der Waals surface area contributed by atoms with Gasteiger partial charge in [0.05, 0.1) is 0 Å². The number of nitrogens with zero attached hydrogens (tertiary/aromatic N) is 2. The summed E-state index contributed by atoms with van der Waals surface area (Å²) in [4.78, 5) is 9.02. The first-order chi connectivity index (χ1) is 11.7. The van der Waals surface area contributed by atoms with Crippen molar-refractivity contribution in [2.75, 3.05) is 0 Å². The summed E-state index contributed by atoms with van der Waals surface area (Å²) in [6.07, 6.45) is 3.87. The van der Waals surface area contributed by atoms with Crippen LogP contribution < -0.4 is 0 Å². The molecule has 0 aliphatic heterocycles. The van der Waals surface area contributed by atoms with E-state index in [9.17, 15) is 4.39 Å². The van der Waals surface area contributed by atoms with E-state index in [2.05, 4.69) is 23.8 Å². The lowest BCUT2D eigenvalue weighted by Crippen LogP contribution is -2.04. The molecule has 1 unspecified atom stereocenters. The van der Waals surface area contributed by atoms with Gasteiger partial charge < -0.3 is 0 Å². The van der Waals surface area contributed by atoms with Crippen molar-refractivity contribution in [3.8, 4) is 22.5 Å². The zero-order valence-electron chi connectivity index (χ0n) is 13.8. The highest BCUT2D eigenvalue weighted by Gasteiger charge is 2.08. The van der Waals surface area contributed by atoms with E-state index in [0.717, 1.165) is 32.0 Å². The molecule has 1 heterocycles. The average Bonchev–Trinajstić information content (AvgIpc) is 2.63. The van der Waals surface area contributed by atoms with E-state index >= 15 is 0 Å². The molecule has 2 radical (unpaired) electrons. The van der Waals surface area contributed by atoms with Gasteiger partial charge in [-0.2, -0.15) is 0 Å². The maximum atomic E-state index is 13.0. The van der Waals surface area contributed by atoms with Crippen LogP contribution in [0.5, 0.6) is 0 Å². The Bertz CT molecular complexity index is 783. The van der Waals surface area contributed by atoms with Crippen molar-refractivity contribution in [1.82, 2.24) is 9.97 Å². The average molecular weight is 334 g/mol.